The molecule has 0 aromatic heterocycles. The maximum absolute atomic E-state index is 12.2. The lowest BCUT2D eigenvalue weighted by atomic mass is 10.1. The molecule has 1 N–H and O–H groups in total. The van der Waals surface area contributed by atoms with Crippen LogP contribution in [0.25, 0.3) is 0 Å². The Morgan fingerprint density at radius 3 is 2.65 bits per heavy atom. The Balaban J connectivity index is 1.60. The topological polar surface area (TPSA) is 93.8 Å². The highest BCUT2D eigenvalue weighted by Gasteiger charge is 2.10. The zero-order valence-electron chi connectivity index (χ0n) is 16.3. The average molecular weight is 458 g/mol. The highest BCUT2D eigenvalue weighted by Crippen LogP contribution is 2.26. The third-order valence-corrected chi connectivity index (χ3v) is 4.83. The van der Waals surface area contributed by atoms with Crippen LogP contribution in [0.15, 0.2) is 65.8 Å². The molecule has 1 amide bonds. The standard InChI is InChI=1S/C22H17Cl2N3O4/c1-14-5-7-18(19(23)9-14)22(28)26-25-12-15-6-8-21(20(24)11-15)31-13-16-3-2-4-17(10-16)27(29)30/h2-12H,13H2,1H3,(H,26,28)/b25-12-. The summed E-state index contributed by atoms with van der Waals surface area (Å²) in [5, 5.41) is 15.5. The van der Waals surface area contributed by atoms with Gasteiger partial charge in [-0.1, -0.05) is 41.4 Å². The zero-order chi connectivity index (χ0) is 22.4. The van der Waals surface area contributed by atoms with Crippen molar-refractivity contribution in [2.45, 2.75) is 13.5 Å². The van der Waals surface area contributed by atoms with Crippen LogP contribution >= 0.6 is 23.2 Å². The molecule has 0 saturated carbocycles. The van der Waals surface area contributed by atoms with E-state index in [1.165, 1.54) is 18.3 Å². The number of nitrogens with zero attached hydrogens (tertiary/aromatic N) is 2. The van der Waals surface area contributed by atoms with Crippen LogP contribution in [0.1, 0.15) is 27.0 Å². The van der Waals surface area contributed by atoms with E-state index in [0.29, 0.717) is 32.5 Å². The molecular weight excluding hydrogens is 441 g/mol. The number of amides is 1. The molecule has 3 rings (SSSR count). The van der Waals surface area contributed by atoms with Crippen LogP contribution in [0.2, 0.25) is 10.0 Å². The first-order valence-electron chi connectivity index (χ1n) is 9.09. The van der Waals surface area contributed by atoms with Crippen LogP contribution in [0.5, 0.6) is 5.75 Å². The molecule has 3 aromatic carbocycles. The molecule has 0 saturated heterocycles. The van der Waals surface area contributed by atoms with Gasteiger partial charge in [0.05, 0.1) is 26.7 Å². The van der Waals surface area contributed by atoms with Crippen LogP contribution in [0, 0.1) is 17.0 Å². The van der Waals surface area contributed by atoms with Crippen molar-refractivity contribution >= 4 is 41.0 Å². The molecule has 158 valence electrons. The minimum absolute atomic E-state index is 0.00673. The molecule has 0 unspecified atom stereocenters. The Morgan fingerprint density at radius 2 is 1.94 bits per heavy atom. The molecule has 0 fully saturated rings. The maximum atomic E-state index is 12.2. The fourth-order valence-corrected chi connectivity index (χ4v) is 3.23. The minimum Gasteiger partial charge on any atom is -0.487 e. The number of hydrogen-bond acceptors (Lipinski definition) is 5. The summed E-state index contributed by atoms with van der Waals surface area (Å²) in [7, 11) is 0. The number of nitrogens with one attached hydrogen (secondary N) is 1. The van der Waals surface area contributed by atoms with Gasteiger partial charge in [-0.15, -0.1) is 0 Å². The fourth-order valence-electron chi connectivity index (χ4n) is 2.67. The molecule has 0 aliphatic carbocycles. The molecule has 0 bridgehead atoms. The highest BCUT2D eigenvalue weighted by molar-refractivity contribution is 6.34. The summed E-state index contributed by atoms with van der Waals surface area (Å²) < 4.78 is 5.65. The first kappa shape index (κ1) is 22.3. The molecule has 9 heteroatoms. The number of halogens is 2. The highest BCUT2D eigenvalue weighted by atomic mass is 35.5. The first-order chi connectivity index (χ1) is 14.8. The number of carbonyl (C=O) groups is 1. The van der Waals surface area contributed by atoms with Gasteiger partial charge in [0, 0.05) is 12.1 Å². The molecule has 0 atom stereocenters. The van der Waals surface area contributed by atoms with Crippen molar-refractivity contribution < 1.29 is 14.5 Å². The second kappa shape index (κ2) is 10.1. The first-order valence-corrected chi connectivity index (χ1v) is 9.84. The van der Waals surface area contributed by atoms with Gasteiger partial charge in [0.25, 0.3) is 11.6 Å². The lowest BCUT2D eigenvalue weighted by Gasteiger charge is -2.08. The molecule has 0 aliphatic heterocycles. The number of carbonyl (C=O) groups excluding carboxylic acids is 1. The molecule has 0 spiro atoms. The van der Waals surface area contributed by atoms with Crippen LogP contribution in [0.3, 0.4) is 0 Å². The number of hydrazone groups is 1. The third kappa shape index (κ3) is 6.04. The lowest BCUT2D eigenvalue weighted by Crippen LogP contribution is -2.18. The van der Waals surface area contributed by atoms with Gasteiger partial charge in [-0.05, 0) is 53.9 Å². The Labute approximate surface area is 188 Å². The van der Waals surface area contributed by atoms with Crippen molar-refractivity contribution in [2.75, 3.05) is 0 Å². The van der Waals surface area contributed by atoms with Gasteiger partial charge in [0.2, 0.25) is 0 Å². The number of ether oxygens (including phenoxy) is 1. The van der Waals surface area contributed by atoms with Gasteiger partial charge in [-0.3, -0.25) is 14.9 Å². The van der Waals surface area contributed by atoms with Crippen molar-refractivity contribution in [2.24, 2.45) is 5.10 Å². The molecular formula is C22H17Cl2N3O4. The van der Waals surface area contributed by atoms with Crippen molar-refractivity contribution in [3.8, 4) is 5.75 Å². The molecule has 0 aliphatic rings. The fraction of sp³-hybridized carbons (Fsp3) is 0.0909. The summed E-state index contributed by atoms with van der Waals surface area (Å²) >= 11 is 12.3. The smallest absolute Gasteiger partial charge is 0.272 e. The van der Waals surface area contributed by atoms with Crippen molar-refractivity contribution in [3.63, 3.8) is 0 Å². The molecule has 31 heavy (non-hydrogen) atoms. The maximum Gasteiger partial charge on any atom is 0.272 e. The number of nitro groups is 1. The number of hydrogen-bond donors (Lipinski definition) is 1. The quantitative estimate of drug-likeness (QED) is 0.285. The predicted octanol–water partition coefficient (Wildman–Crippen LogP) is 5.55. The SMILES string of the molecule is Cc1ccc(C(=O)N/N=C\c2ccc(OCc3cccc([N+](=O)[O-])c3)c(Cl)c2)c(Cl)c1. The average Bonchev–Trinajstić information content (AvgIpc) is 2.73. The van der Waals surface area contributed by atoms with E-state index in [2.05, 4.69) is 10.5 Å². The van der Waals surface area contributed by atoms with E-state index >= 15 is 0 Å². The van der Waals surface area contributed by atoms with Crippen LogP contribution < -0.4 is 10.2 Å². The molecule has 0 radical (unpaired) electrons. The third-order valence-electron chi connectivity index (χ3n) is 4.22. The Hall–Kier alpha value is -3.42. The summed E-state index contributed by atoms with van der Waals surface area (Å²) in [6, 6.07) is 16.3. The monoisotopic (exact) mass is 457 g/mol. The number of non-ortho nitro benzene ring substituents is 1. The molecule has 0 heterocycles. The van der Waals surface area contributed by atoms with Gasteiger partial charge in [0.1, 0.15) is 12.4 Å². The van der Waals surface area contributed by atoms with Gasteiger partial charge in [-0.2, -0.15) is 5.10 Å². The van der Waals surface area contributed by atoms with E-state index in [0.717, 1.165) is 5.56 Å². The Morgan fingerprint density at radius 1 is 1.13 bits per heavy atom. The van der Waals surface area contributed by atoms with Crippen LogP contribution in [-0.4, -0.2) is 17.0 Å². The van der Waals surface area contributed by atoms with Crippen LogP contribution in [0.4, 0.5) is 5.69 Å². The summed E-state index contributed by atoms with van der Waals surface area (Å²) in [5.41, 5.74) is 4.98. The Bertz CT molecular complexity index is 1170. The van der Waals surface area contributed by atoms with Crippen molar-refractivity contribution in [1.82, 2.24) is 5.43 Å². The van der Waals surface area contributed by atoms with E-state index in [1.54, 1.807) is 48.5 Å². The second-order valence-electron chi connectivity index (χ2n) is 6.59. The van der Waals surface area contributed by atoms with E-state index in [-0.39, 0.29) is 12.3 Å². The van der Waals surface area contributed by atoms with E-state index in [1.807, 2.05) is 6.92 Å². The van der Waals surface area contributed by atoms with Gasteiger partial charge in [0.15, 0.2) is 0 Å². The summed E-state index contributed by atoms with van der Waals surface area (Å²) in [4.78, 5) is 22.6. The largest absolute Gasteiger partial charge is 0.487 e. The second-order valence-corrected chi connectivity index (χ2v) is 7.40. The van der Waals surface area contributed by atoms with Crippen molar-refractivity contribution in [1.29, 1.82) is 0 Å². The summed E-state index contributed by atoms with van der Waals surface area (Å²) in [6.45, 7) is 2.01. The number of rotatable bonds is 7. The normalized spacial score (nSPS) is 10.8. The number of benzene rings is 3. The predicted molar refractivity (Wildman–Crippen MR) is 120 cm³/mol. The summed E-state index contributed by atoms with van der Waals surface area (Å²) in [6.07, 6.45) is 1.44. The lowest BCUT2D eigenvalue weighted by molar-refractivity contribution is -0.384. The minimum atomic E-state index is -0.462. The van der Waals surface area contributed by atoms with E-state index in [4.69, 9.17) is 27.9 Å². The number of aryl methyl sites for hydroxylation is 1. The Kier molecular flexibility index (Phi) is 7.23. The van der Waals surface area contributed by atoms with Gasteiger partial charge < -0.3 is 4.74 Å². The van der Waals surface area contributed by atoms with E-state index in [9.17, 15) is 14.9 Å². The number of nitro benzene ring substituents is 1. The zero-order valence-corrected chi connectivity index (χ0v) is 17.9. The molecule has 7 nitrogen and oxygen atoms in total. The molecule has 3 aromatic rings. The van der Waals surface area contributed by atoms with Crippen LogP contribution in [-0.2, 0) is 6.61 Å². The van der Waals surface area contributed by atoms with E-state index < -0.39 is 10.8 Å². The van der Waals surface area contributed by atoms with Gasteiger partial charge >= 0.3 is 0 Å². The van der Waals surface area contributed by atoms with Crippen molar-refractivity contribution in [3.05, 3.63) is 103 Å². The summed E-state index contributed by atoms with van der Waals surface area (Å²) in [5.74, 6) is -0.00921. The van der Waals surface area contributed by atoms with Gasteiger partial charge in [-0.25, -0.2) is 5.43 Å².